The minimum atomic E-state index is -0.424. The topological polar surface area (TPSA) is 85.6 Å². The molecule has 2 aromatic carbocycles. The molecule has 0 aliphatic rings. The first-order valence-electron chi connectivity index (χ1n) is 8.60. The van der Waals surface area contributed by atoms with E-state index in [0.29, 0.717) is 16.5 Å². The van der Waals surface area contributed by atoms with E-state index in [1.807, 2.05) is 30.3 Å². The number of hydrogen-bond acceptors (Lipinski definition) is 7. The van der Waals surface area contributed by atoms with Crippen LogP contribution < -0.4 is 5.32 Å². The molecule has 146 valence electrons. The summed E-state index contributed by atoms with van der Waals surface area (Å²) in [6.07, 6.45) is 0. The number of carbonyl (C=O) groups is 1. The lowest BCUT2D eigenvalue weighted by molar-refractivity contribution is 0.102. The number of thioether (sulfide) groups is 1. The van der Waals surface area contributed by atoms with Gasteiger partial charge in [-0.3, -0.25) is 10.1 Å². The Labute approximate surface area is 174 Å². The van der Waals surface area contributed by atoms with Crippen molar-refractivity contribution in [3.05, 3.63) is 77.4 Å². The van der Waals surface area contributed by atoms with Gasteiger partial charge in [-0.05, 0) is 36.8 Å². The highest BCUT2D eigenvalue weighted by Crippen LogP contribution is 2.28. The first-order valence-corrected chi connectivity index (χ1v) is 10.4. The number of nitrogens with zero attached hydrogens (tertiary/aromatic N) is 5. The van der Waals surface area contributed by atoms with Crippen molar-refractivity contribution in [3.8, 4) is 5.69 Å². The fraction of sp³-hybridized carbons (Fsp3) is 0.105. The van der Waals surface area contributed by atoms with Crippen LogP contribution >= 0.6 is 23.1 Å². The lowest BCUT2D eigenvalue weighted by Crippen LogP contribution is -2.14. The number of aromatic nitrogens is 5. The molecular weight excluding hydrogens is 411 g/mol. The third kappa shape index (κ3) is 4.49. The van der Waals surface area contributed by atoms with Gasteiger partial charge < -0.3 is 0 Å². The molecule has 0 aliphatic carbocycles. The minimum absolute atomic E-state index is 0.169. The van der Waals surface area contributed by atoms with E-state index in [9.17, 15) is 9.18 Å². The first kappa shape index (κ1) is 19.2. The van der Waals surface area contributed by atoms with Crippen LogP contribution in [-0.4, -0.2) is 31.1 Å². The minimum Gasteiger partial charge on any atom is -0.295 e. The number of amides is 1. The fourth-order valence-electron chi connectivity index (χ4n) is 2.56. The number of hydrogen-bond donors (Lipinski definition) is 1. The normalized spacial score (nSPS) is 10.8. The van der Waals surface area contributed by atoms with Gasteiger partial charge in [0.25, 0.3) is 5.91 Å². The van der Waals surface area contributed by atoms with Crippen LogP contribution in [0.3, 0.4) is 0 Å². The highest BCUT2D eigenvalue weighted by atomic mass is 32.2. The lowest BCUT2D eigenvalue weighted by Gasteiger charge is -2.03. The molecule has 0 spiro atoms. The van der Waals surface area contributed by atoms with E-state index in [-0.39, 0.29) is 11.5 Å². The quantitative estimate of drug-likeness (QED) is 0.369. The zero-order valence-corrected chi connectivity index (χ0v) is 16.9. The molecule has 0 unspecified atom stereocenters. The lowest BCUT2D eigenvalue weighted by atomic mass is 10.2. The highest BCUT2D eigenvalue weighted by Gasteiger charge is 2.19. The van der Waals surface area contributed by atoms with Crippen LogP contribution in [0.15, 0.2) is 58.9 Å². The number of carbonyl (C=O) groups excluding carboxylic acids is 1. The molecule has 29 heavy (non-hydrogen) atoms. The molecule has 0 bridgehead atoms. The Morgan fingerprint density at radius 3 is 2.62 bits per heavy atom. The van der Waals surface area contributed by atoms with E-state index >= 15 is 0 Å². The summed E-state index contributed by atoms with van der Waals surface area (Å²) in [5.74, 6) is 0.00227. The molecule has 4 rings (SSSR count). The van der Waals surface area contributed by atoms with Crippen molar-refractivity contribution in [2.45, 2.75) is 17.0 Å². The van der Waals surface area contributed by atoms with Crippen molar-refractivity contribution in [1.82, 2.24) is 25.2 Å². The van der Waals surface area contributed by atoms with Crippen molar-refractivity contribution >= 4 is 34.1 Å². The maximum Gasteiger partial charge on any atom is 0.279 e. The number of halogens is 1. The molecule has 0 saturated carbocycles. The predicted octanol–water partition coefficient (Wildman–Crippen LogP) is 4.11. The van der Waals surface area contributed by atoms with Crippen molar-refractivity contribution in [2.24, 2.45) is 0 Å². The van der Waals surface area contributed by atoms with Crippen LogP contribution in [0.4, 0.5) is 9.52 Å². The predicted molar refractivity (Wildman–Crippen MR) is 110 cm³/mol. The summed E-state index contributed by atoms with van der Waals surface area (Å²) in [4.78, 5) is 12.6. The average Bonchev–Trinajstić information content (AvgIpc) is 3.34. The maximum absolute atomic E-state index is 13.1. The van der Waals surface area contributed by atoms with Crippen LogP contribution in [-0.2, 0) is 5.75 Å². The van der Waals surface area contributed by atoms with E-state index in [2.05, 4.69) is 25.8 Å². The Hall–Kier alpha value is -3.11. The Morgan fingerprint density at radius 1 is 1.10 bits per heavy atom. The van der Waals surface area contributed by atoms with Crippen LogP contribution in [0.25, 0.3) is 5.69 Å². The molecule has 0 radical (unpaired) electrons. The van der Waals surface area contributed by atoms with Gasteiger partial charge in [0.05, 0.1) is 11.4 Å². The summed E-state index contributed by atoms with van der Waals surface area (Å²) in [6.45, 7) is 1.72. The van der Waals surface area contributed by atoms with E-state index in [4.69, 9.17) is 0 Å². The molecule has 7 nitrogen and oxygen atoms in total. The van der Waals surface area contributed by atoms with Gasteiger partial charge in [-0.15, -0.1) is 15.3 Å². The summed E-state index contributed by atoms with van der Waals surface area (Å²) < 4.78 is 15.4. The van der Waals surface area contributed by atoms with Crippen molar-refractivity contribution < 1.29 is 9.18 Å². The van der Waals surface area contributed by atoms with E-state index in [1.165, 1.54) is 33.7 Å². The largest absolute Gasteiger partial charge is 0.295 e. The third-order valence-electron chi connectivity index (χ3n) is 4.01. The second kappa shape index (κ2) is 8.50. The second-order valence-corrected chi connectivity index (χ2v) is 8.21. The van der Waals surface area contributed by atoms with Gasteiger partial charge in [-0.25, -0.2) is 9.07 Å². The summed E-state index contributed by atoms with van der Waals surface area (Å²) in [5, 5.41) is 19.2. The SMILES string of the molecule is Cc1c(C(=O)Nc2nnc(SCc3ccccc3)s2)nnn1-c1ccc(F)cc1. The molecule has 2 aromatic heterocycles. The Kier molecular flexibility index (Phi) is 5.63. The van der Waals surface area contributed by atoms with Gasteiger partial charge in [0.1, 0.15) is 5.82 Å². The fourth-order valence-corrected chi connectivity index (χ4v) is 4.26. The molecule has 1 N–H and O–H groups in total. The number of benzene rings is 2. The molecular formula is C19H15FN6OS2. The summed E-state index contributed by atoms with van der Waals surface area (Å²) in [5.41, 5.74) is 2.51. The molecule has 10 heteroatoms. The Morgan fingerprint density at radius 2 is 1.86 bits per heavy atom. The van der Waals surface area contributed by atoms with Gasteiger partial charge in [0.2, 0.25) is 5.13 Å². The highest BCUT2D eigenvalue weighted by molar-refractivity contribution is 8.00. The van der Waals surface area contributed by atoms with Crippen molar-refractivity contribution in [1.29, 1.82) is 0 Å². The molecule has 4 aromatic rings. The summed E-state index contributed by atoms with van der Waals surface area (Å²) >= 11 is 2.85. The third-order valence-corrected chi connectivity index (χ3v) is 6.06. The van der Waals surface area contributed by atoms with E-state index in [0.717, 1.165) is 10.1 Å². The van der Waals surface area contributed by atoms with Gasteiger partial charge in [-0.1, -0.05) is 58.6 Å². The van der Waals surface area contributed by atoms with Gasteiger partial charge in [0, 0.05) is 5.75 Å². The number of anilines is 1. The van der Waals surface area contributed by atoms with Gasteiger partial charge in [0.15, 0.2) is 10.0 Å². The van der Waals surface area contributed by atoms with Crippen LogP contribution in [0.5, 0.6) is 0 Å². The summed E-state index contributed by atoms with van der Waals surface area (Å²) in [6, 6.07) is 15.8. The van der Waals surface area contributed by atoms with Gasteiger partial charge >= 0.3 is 0 Å². The number of rotatable bonds is 6. The zero-order valence-electron chi connectivity index (χ0n) is 15.2. The smallest absolute Gasteiger partial charge is 0.279 e. The molecule has 0 aliphatic heterocycles. The standard InChI is InChI=1S/C19H15FN6OS2/c1-12-16(22-25-26(12)15-9-7-14(20)8-10-15)17(27)21-18-23-24-19(29-18)28-11-13-5-3-2-4-6-13/h2-10H,11H2,1H3,(H,21,23,27). The van der Waals surface area contributed by atoms with E-state index < -0.39 is 5.91 Å². The molecule has 1 amide bonds. The van der Waals surface area contributed by atoms with Crippen molar-refractivity contribution in [3.63, 3.8) is 0 Å². The van der Waals surface area contributed by atoms with Crippen LogP contribution in [0.2, 0.25) is 0 Å². The maximum atomic E-state index is 13.1. The van der Waals surface area contributed by atoms with Crippen LogP contribution in [0.1, 0.15) is 21.7 Å². The Balaban J connectivity index is 1.42. The molecule has 0 saturated heterocycles. The van der Waals surface area contributed by atoms with Crippen molar-refractivity contribution in [2.75, 3.05) is 5.32 Å². The Bertz CT molecular complexity index is 1130. The molecule has 2 heterocycles. The molecule has 0 fully saturated rings. The monoisotopic (exact) mass is 426 g/mol. The number of nitrogens with one attached hydrogen (secondary N) is 1. The average molecular weight is 427 g/mol. The van der Waals surface area contributed by atoms with Crippen LogP contribution in [0, 0.1) is 12.7 Å². The second-order valence-electron chi connectivity index (χ2n) is 6.01. The van der Waals surface area contributed by atoms with Gasteiger partial charge in [-0.2, -0.15) is 0 Å². The summed E-state index contributed by atoms with van der Waals surface area (Å²) in [7, 11) is 0. The molecule has 0 atom stereocenters. The van der Waals surface area contributed by atoms with E-state index in [1.54, 1.807) is 30.8 Å². The zero-order chi connectivity index (χ0) is 20.2. The first-order chi connectivity index (χ1) is 14.1.